The number of carbonyl (C=O) groups excluding carboxylic acids is 2. The summed E-state index contributed by atoms with van der Waals surface area (Å²) in [7, 11) is 1.30. The van der Waals surface area contributed by atoms with E-state index in [0.29, 0.717) is 24.7 Å². The zero-order chi connectivity index (χ0) is 15.0. The van der Waals surface area contributed by atoms with Crippen molar-refractivity contribution in [3.8, 4) is 0 Å². The number of methoxy groups -OCH3 is 1. The molecule has 0 saturated carbocycles. The Bertz CT molecular complexity index is 445. The highest BCUT2D eigenvalue weighted by molar-refractivity contribution is 5.82. The third-order valence-corrected chi connectivity index (χ3v) is 2.82. The molecule has 0 N–H and O–H groups in total. The Morgan fingerprint density at radius 3 is 2.65 bits per heavy atom. The number of ether oxygens (including phenoxy) is 1. The van der Waals surface area contributed by atoms with E-state index in [0.717, 1.165) is 12.8 Å². The first-order chi connectivity index (χ1) is 9.60. The van der Waals surface area contributed by atoms with Crippen molar-refractivity contribution < 1.29 is 18.8 Å². The van der Waals surface area contributed by atoms with Gasteiger partial charge in [-0.1, -0.05) is 12.1 Å². The van der Waals surface area contributed by atoms with Gasteiger partial charge < -0.3 is 14.2 Å². The lowest BCUT2D eigenvalue weighted by Crippen LogP contribution is -2.36. The molecule has 0 unspecified atom stereocenters. The molecule has 20 heavy (non-hydrogen) atoms. The summed E-state index contributed by atoms with van der Waals surface area (Å²) in [4.78, 5) is 28.8. The molecule has 0 aliphatic carbocycles. The Hall–Kier alpha value is -1.92. The van der Waals surface area contributed by atoms with Gasteiger partial charge in [-0.2, -0.15) is 4.98 Å². The summed E-state index contributed by atoms with van der Waals surface area (Å²) in [6.07, 6.45) is 2.33. The number of rotatable bonds is 8. The summed E-state index contributed by atoms with van der Waals surface area (Å²) in [5, 5.41) is 3.83. The van der Waals surface area contributed by atoms with Crippen LogP contribution in [-0.2, 0) is 27.2 Å². The maximum atomic E-state index is 12.0. The molecule has 112 valence electrons. The Labute approximate surface area is 118 Å². The largest absolute Gasteiger partial charge is 0.468 e. The van der Waals surface area contributed by atoms with E-state index in [4.69, 9.17) is 4.52 Å². The van der Waals surface area contributed by atoms with E-state index < -0.39 is 5.97 Å². The Kier molecular flexibility index (Phi) is 6.69. The quantitative estimate of drug-likeness (QED) is 0.661. The van der Waals surface area contributed by atoms with Crippen molar-refractivity contribution in [3.05, 3.63) is 11.7 Å². The van der Waals surface area contributed by atoms with Crippen molar-refractivity contribution in [1.29, 1.82) is 0 Å². The van der Waals surface area contributed by atoms with Gasteiger partial charge in [-0.15, -0.1) is 0 Å². The average molecular weight is 283 g/mol. The van der Waals surface area contributed by atoms with E-state index in [1.807, 2.05) is 13.8 Å². The van der Waals surface area contributed by atoms with Crippen molar-refractivity contribution in [1.82, 2.24) is 15.0 Å². The lowest BCUT2D eigenvalue weighted by Gasteiger charge is -2.18. The lowest BCUT2D eigenvalue weighted by atomic mass is 10.2. The van der Waals surface area contributed by atoms with Gasteiger partial charge in [0.2, 0.25) is 11.8 Å². The van der Waals surface area contributed by atoms with Crippen LogP contribution >= 0.6 is 0 Å². The second kappa shape index (κ2) is 8.29. The maximum Gasteiger partial charge on any atom is 0.325 e. The number of carbonyl (C=O) groups is 2. The average Bonchev–Trinajstić information content (AvgIpc) is 2.90. The summed E-state index contributed by atoms with van der Waals surface area (Å²) in [5.74, 6) is 0.559. The third kappa shape index (κ3) is 4.99. The molecule has 1 rings (SSSR count). The lowest BCUT2D eigenvalue weighted by molar-refractivity contribution is -0.146. The highest BCUT2D eigenvalue weighted by atomic mass is 16.5. The van der Waals surface area contributed by atoms with E-state index in [9.17, 15) is 9.59 Å². The highest BCUT2D eigenvalue weighted by Gasteiger charge is 2.17. The number of aromatic nitrogens is 2. The van der Waals surface area contributed by atoms with E-state index in [1.54, 1.807) is 0 Å². The zero-order valence-electron chi connectivity index (χ0n) is 12.2. The first-order valence-corrected chi connectivity index (χ1v) is 6.76. The second-order valence-electron chi connectivity index (χ2n) is 4.34. The topological polar surface area (TPSA) is 85.5 Å². The summed E-state index contributed by atoms with van der Waals surface area (Å²) >= 11 is 0. The molecule has 0 fully saturated rings. The van der Waals surface area contributed by atoms with Crippen LogP contribution in [0.1, 0.15) is 38.4 Å². The number of aryl methyl sites for hydroxylation is 2. The molecule has 0 saturated heterocycles. The molecule has 0 aliphatic rings. The SMILES string of the molecule is CCCc1noc(CCC(=O)N(CC)CC(=O)OC)n1. The highest BCUT2D eigenvalue weighted by Crippen LogP contribution is 2.05. The van der Waals surface area contributed by atoms with Crippen LogP contribution in [0, 0.1) is 0 Å². The molecule has 1 amide bonds. The molecule has 0 aliphatic heterocycles. The van der Waals surface area contributed by atoms with Crippen molar-refractivity contribution in [2.75, 3.05) is 20.2 Å². The molecule has 1 aromatic rings. The van der Waals surface area contributed by atoms with E-state index in [-0.39, 0.29) is 18.9 Å². The second-order valence-corrected chi connectivity index (χ2v) is 4.34. The van der Waals surface area contributed by atoms with Gasteiger partial charge in [0.15, 0.2) is 5.82 Å². The van der Waals surface area contributed by atoms with Crippen molar-refractivity contribution in [3.63, 3.8) is 0 Å². The smallest absolute Gasteiger partial charge is 0.325 e. The molecular weight excluding hydrogens is 262 g/mol. The number of nitrogens with zero attached hydrogens (tertiary/aromatic N) is 3. The molecule has 0 bridgehead atoms. The number of amides is 1. The number of esters is 1. The standard InChI is InChI=1S/C13H21N3O4/c1-4-6-10-14-11(20-15-10)7-8-12(17)16(5-2)9-13(18)19-3/h4-9H2,1-3H3. The number of likely N-dealkylation sites (N-methyl/N-ethyl adjacent to an activating group) is 1. The fraction of sp³-hybridized carbons (Fsp3) is 0.692. The van der Waals surface area contributed by atoms with Gasteiger partial charge in [0.25, 0.3) is 0 Å². The van der Waals surface area contributed by atoms with Gasteiger partial charge in [-0.25, -0.2) is 0 Å². The van der Waals surface area contributed by atoms with Gasteiger partial charge in [0.05, 0.1) is 7.11 Å². The van der Waals surface area contributed by atoms with Crippen molar-refractivity contribution in [2.24, 2.45) is 0 Å². The van der Waals surface area contributed by atoms with Crippen LogP contribution in [0.25, 0.3) is 0 Å². The summed E-state index contributed by atoms with van der Waals surface area (Å²) in [5.41, 5.74) is 0. The van der Waals surface area contributed by atoms with E-state index in [1.165, 1.54) is 12.0 Å². The van der Waals surface area contributed by atoms with Gasteiger partial charge in [-0.3, -0.25) is 9.59 Å². The molecule has 0 atom stereocenters. The predicted molar refractivity (Wildman–Crippen MR) is 70.9 cm³/mol. The minimum Gasteiger partial charge on any atom is -0.468 e. The molecule has 0 aromatic carbocycles. The van der Waals surface area contributed by atoms with Crippen LogP contribution in [0.2, 0.25) is 0 Å². The van der Waals surface area contributed by atoms with E-state index >= 15 is 0 Å². The van der Waals surface area contributed by atoms with Crippen LogP contribution in [0.5, 0.6) is 0 Å². The van der Waals surface area contributed by atoms with E-state index in [2.05, 4.69) is 14.9 Å². The fourth-order valence-electron chi connectivity index (χ4n) is 1.69. The minimum absolute atomic E-state index is 0.0310. The maximum absolute atomic E-state index is 12.0. The summed E-state index contributed by atoms with van der Waals surface area (Å²) in [6.45, 7) is 4.27. The Morgan fingerprint density at radius 1 is 1.30 bits per heavy atom. The molecule has 7 heteroatoms. The van der Waals surface area contributed by atoms with Crippen LogP contribution in [0.4, 0.5) is 0 Å². The van der Waals surface area contributed by atoms with Crippen LogP contribution < -0.4 is 0 Å². The molecule has 1 heterocycles. The summed E-state index contributed by atoms with van der Waals surface area (Å²) in [6, 6.07) is 0. The van der Waals surface area contributed by atoms with Gasteiger partial charge in [-0.05, 0) is 13.3 Å². The summed E-state index contributed by atoms with van der Waals surface area (Å²) < 4.78 is 9.61. The zero-order valence-corrected chi connectivity index (χ0v) is 12.2. The van der Waals surface area contributed by atoms with Crippen molar-refractivity contribution in [2.45, 2.75) is 39.5 Å². The third-order valence-electron chi connectivity index (χ3n) is 2.82. The molecule has 7 nitrogen and oxygen atoms in total. The first-order valence-electron chi connectivity index (χ1n) is 6.76. The van der Waals surface area contributed by atoms with Crippen LogP contribution in [0.3, 0.4) is 0 Å². The minimum atomic E-state index is -0.428. The Morgan fingerprint density at radius 2 is 2.05 bits per heavy atom. The van der Waals surface area contributed by atoms with Crippen LogP contribution in [-0.4, -0.2) is 47.1 Å². The normalized spacial score (nSPS) is 10.3. The molecular formula is C13H21N3O4. The number of hydrogen-bond acceptors (Lipinski definition) is 6. The predicted octanol–water partition coefficient (Wildman–Crippen LogP) is 0.976. The van der Waals surface area contributed by atoms with Gasteiger partial charge in [0.1, 0.15) is 6.54 Å². The molecule has 0 spiro atoms. The molecule has 0 radical (unpaired) electrons. The molecule has 1 aromatic heterocycles. The Balaban J connectivity index is 2.45. The fourth-order valence-corrected chi connectivity index (χ4v) is 1.69. The van der Waals surface area contributed by atoms with Gasteiger partial charge >= 0.3 is 5.97 Å². The number of hydrogen-bond donors (Lipinski definition) is 0. The van der Waals surface area contributed by atoms with Crippen molar-refractivity contribution >= 4 is 11.9 Å². The van der Waals surface area contributed by atoms with Crippen LogP contribution in [0.15, 0.2) is 4.52 Å². The first kappa shape index (κ1) is 16.1. The van der Waals surface area contributed by atoms with Gasteiger partial charge in [0, 0.05) is 25.8 Å². The monoisotopic (exact) mass is 283 g/mol.